The van der Waals surface area contributed by atoms with Crippen molar-refractivity contribution in [2.24, 2.45) is 5.10 Å². The molecule has 22 heavy (non-hydrogen) atoms. The van der Waals surface area contributed by atoms with Gasteiger partial charge in [0.25, 0.3) is 0 Å². The van der Waals surface area contributed by atoms with Gasteiger partial charge in [-0.05, 0) is 6.07 Å². The number of fused-ring (bicyclic) bond motifs is 3. The fourth-order valence-corrected chi connectivity index (χ4v) is 2.23. The normalized spacial score (nSPS) is 11.5. The van der Waals surface area contributed by atoms with E-state index >= 15 is 0 Å². The maximum absolute atomic E-state index is 4.45. The number of hydrogen-bond acceptors (Lipinski definition) is 6. The molecule has 1 N–H and O–H groups in total. The molecule has 3 heterocycles. The van der Waals surface area contributed by atoms with Crippen molar-refractivity contribution < 1.29 is 0 Å². The van der Waals surface area contributed by atoms with Crippen LogP contribution in [0.1, 0.15) is 5.56 Å². The third kappa shape index (κ3) is 2.14. The highest BCUT2D eigenvalue weighted by molar-refractivity contribution is 5.99. The third-order valence-electron chi connectivity index (χ3n) is 3.23. The van der Waals surface area contributed by atoms with E-state index in [2.05, 4.69) is 30.8 Å². The van der Waals surface area contributed by atoms with Gasteiger partial charge in [-0.3, -0.25) is 10.4 Å². The van der Waals surface area contributed by atoms with Gasteiger partial charge in [0.15, 0.2) is 11.5 Å². The summed E-state index contributed by atoms with van der Waals surface area (Å²) in [6.45, 7) is 0. The van der Waals surface area contributed by atoms with Crippen LogP contribution in [0.5, 0.6) is 0 Å². The van der Waals surface area contributed by atoms with Crippen LogP contribution in [0.3, 0.4) is 0 Å². The first kappa shape index (κ1) is 12.4. The van der Waals surface area contributed by atoms with Crippen LogP contribution in [-0.4, -0.2) is 31.0 Å². The lowest BCUT2D eigenvalue weighted by atomic mass is 10.2. The lowest BCUT2D eigenvalue weighted by Crippen LogP contribution is -2.00. The van der Waals surface area contributed by atoms with Crippen molar-refractivity contribution in [3.8, 4) is 0 Å². The van der Waals surface area contributed by atoms with Crippen molar-refractivity contribution in [1.82, 2.24) is 24.8 Å². The Balaban J connectivity index is 1.75. The van der Waals surface area contributed by atoms with Crippen LogP contribution in [0.2, 0.25) is 0 Å². The number of anilines is 1. The molecule has 0 bridgehead atoms. The molecule has 0 aliphatic carbocycles. The van der Waals surface area contributed by atoms with Gasteiger partial charge in [0, 0.05) is 28.7 Å². The van der Waals surface area contributed by atoms with E-state index in [0.717, 1.165) is 22.0 Å². The van der Waals surface area contributed by atoms with Crippen molar-refractivity contribution >= 4 is 28.5 Å². The summed E-state index contributed by atoms with van der Waals surface area (Å²) in [4.78, 5) is 4.04. The van der Waals surface area contributed by atoms with E-state index in [0.29, 0.717) is 5.82 Å². The quantitative estimate of drug-likeness (QED) is 0.461. The van der Waals surface area contributed by atoms with Gasteiger partial charge in [-0.1, -0.05) is 30.3 Å². The average Bonchev–Trinajstić information content (AvgIpc) is 3.04. The Morgan fingerprint density at radius 1 is 1.09 bits per heavy atom. The molecule has 0 amide bonds. The Bertz CT molecular complexity index is 959. The molecule has 0 aliphatic rings. The molecule has 0 fully saturated rings. The van der Waals surface area contributed by atoms with E-state index < -0.39 is 0 Å². The Morgan fingerprint density at radius 2 is 2.00 bits per heavy atom. The second-order valence-electron chi connectivity index (χ2n) is 4.65. The lowest BCUT2D eigenvalue weighted by molar-refractivity contribution is 0.934. The summed E-state index contributed by atoms with van der Waals surface area (Å²) in [7, 11) is 0. The van der Waals surface area contributed by atoms with E-state index in [4.69, 9.17) is 0 Å². The number of hydrogen-bond donors (Lipinski definition) is 1. The molecule has 0 spiro atoms. The largest absolute Gasteiger partial charge is 0.264 e. The maximum Gasteiger partial charge on any atom is 0.185 e. The molecule has 0 saturated heterocycles. The van der Waals surface area contributed by atoms with E-state index in [9.17, 15) is 0 Å². The summed E-state index contributed by atoms with van der Waals surface area (Å²) in [5.74, 6) is 0.642. The van der Waals surface area contributed by atoms with Crippen LogP contribution in [0.4, 0.5) is 5.82 Å². The molecule has 106 valence electrons. The van der Waals surface area contributed by atoms with Crippen LogP contribution < -0.4 is 5.43 Å². The van der Waals surface area contributed by atoms with Gasteiger partial charge in [-0.15, -0.1) is 15.3 Å². The van der Waals surface area contributed by atoms with Crippen LogP contribution in [0.15, 0.2) is 60.2 Å². The highest BCUT2D eigenvalue weighted by atomic mass is 15.4. The minimum Gasteiger partial charge on any atom is -0.264 e. The first-order chi connectivity index (χ1) is 10.9. The zero-order valence-corrected chi connectivity index (χ0v) is 11.5. The Morgan fingerprint density at radius 3 is 2.86 bits per heavy atom. The minimum atomic E-state index is 0.642. The topological polar surface area (TPSA) is 80.4 Å². The molecule has 0 aliphatic heterocycles. The second kappa shape index (κ2) is 5.21. The SMILES string of the molecule is C(=N/Nc1nn2cnnc2c2ccccc12)/c1cccnc1. The zero-order chi connectivity index (χ0) is 14.8. The zero-order valence-electron chi connectivity index (χ0n) is 11.5. The number of rotatable bonds is 3. The van der Waals surface area contributed by atoms with Crippen molar-refractivity contribution in [2.75, 3.05) is 5.43 Å². The molecule has 4 rings (SSSR count). The molecular formula is C15H11N7. The summed E-state index contributed by atoms with van der Waals surface area (Å²) in [5, 5.41) is 18.6. The lowest BCUT2D eigenvalue weighted by Gasteiger charge is -2.05. The molecule has 7 nitrogen and oxygen atoms in total. The van der Waals surface area contributed by atoms with Gasteiger partial charge in [-0.2, -0.15) is 9.62 Å². The number of nitrogens with one attached hydrogen (secondary N) is 1. The first-order valence-electron chi connectivity index (χ1n) is 6.70. The summed E-state index contributed by atoms with van der Waals surface area (Å²) in [6, 6.07) is 11.6. The van der Waals surface area contributed by atoms with Gasteiger partial charge in [-0.25, -0.2) is 0 Å². The van der Waals surface area contributed by atoms with E-state index in [-0.39, 0.29) is 0 Å². The van der Waals surface area contributed by atoms with Crippen molar-refractivity contribution in [2.45, 2.75) is 0 Å². The molecule has 0 unspecified atom stereocenters. The molecule has 4 aromatic rings. The summed E-state index contributed by atoms with van der Waals surface area (Å²) < 4.78 is 1.63. The third-order valence-corrected chi connectivity index (χ3v) is 3.23. The molecule has 1 aromatic carbocycles. The number of aromatic nitrogens is 5. The first-order valence-corrected chi connectivity index (χ1v) is 6.70. The van der Waals surface area contributed by atoms with Crippen LogP contribution >= 0.6 is 0 Å². The monoisotopic (exact) mass is 289 g/mol. The highest BCUT2D eigenvalue weighted by Gasteiger charge is 2.08. The minimum absolute atomic E-state index is 0.642. The van der Waals surface area contributed by atoms with Crippen LogP contribution in [-0.2, 0) is 0 Å². The molecule has 7 heteroatoms. The van der Waals surface area contributed by atoms with Gasteiger partial charge in [0.2, 0.25) is 0 Å². The van der Waals surface area contributed by atoms with Gasteiger partial charge < -0.3 is 0 Å². The standard InChI is InChI=1S/C15H11N7/c1-2-6-13-12(5-1)14(21-22-10-18-20-15(13)22)19-17-9-11-4-3-7-16-8-11/h1-10H,(H,19,21)/b17-9-. The van der Waals surface area contributed by atoms with Crippen molar-refractivity contribution in [1.29, 1.82) is 0 Å². The Kier molecular flexibility index (Phi) is 2.93. The van der Waals surface area contributed by atoms with E-state index in [1.807, 2.05) is 36.4 Å². The Hall–Kier alpha value is -3.35. The van der Waals surface area contributed by atoms with Gasteiger partial charge in [0.05, 0.1) is 6.21 Å². The summed E-state index contributed by atoms with van der Waals surface area (Å²) in [5.41, 5.74) is 4.60. The summed E-state index contributed by atoms with van der Waals surface area (Å²) >= 11 is 0. The fraction of sp³-hybridized carbons (Fsp3) is 0. The molecule has 0 atom stereocenters. The summed E-state index contributed by atoms with van der Waals surface area (Å²) in [6.07, 6.45) is 6.72. The number of pyridine rings is 1. The predicted molar refractivity (Wildman–Crippen MR) is 83.7 cm³/mol. The van der Waals surface area contributed by atoms with Gasteiger partial charge >= 0.3 is 0 Å². The number of hydrazone groups is 1. The van der Waals surface area contributed by atoms with Crippen molar-refractivity contribution in [3.63, 3.8) is 0 Å². The smallest absolute Gasteiger partial charge is 0.185 e. The number of nitrogens with zero attached hydrogens (tertiary/aromatic N) is 6. The molecule has 3 aromatic heterocycles. The van der Waals surface area contributed by atoms with Crippen LogP contribution in [0.25, 0.3) is 16.4 Å². The maximum atomic E-state index is 4.45. The van der Waals surface area contributed by atoms with E-state index in [1.54, 1.807) is 29.5 Å². The fourth-order valence-electron chi connectivity index (χ4n) is 2.23. The van der Waals surface area contributed by atoms with Crippen molar-refractivity contribution in [3.05, 3.63) is 60.7 Å². The van der Waals surface area contributed by atoms with Crippen LogP contribution in [0, 0.1) is 0 Å². The number of benzene rings is 1. The average molecular weight is 289 g/mol. The molecule has 0 radical (unpaired) electrons. The van der Waals surface area contributed by atoms with Gasteiger partial charge in [0.1, 0.15) is 6.33 Å². The van der Waals surface area contributed by atoms with E-state index in [1.165, 1.54) is 0 Å². The molecule has 0 saturated carbocycles. The molecular weight excluding hydrogens is 278 g/mol. The second-order valence-corrected chi connectivity index (χ2v) is 4.65. The highest BCUT2D eigenvalue weighted by Crippen LogP contribution is 2.23. The Labute approximate surface area is 125 Å². The predicted octanol–water partition coefficient (Wildman–Crippen LogP) is 2.12.